The van der Waals surface area contributed by atoms with Crippen LogP contribution < -0.4 is 5.32 Å². The first-order chi connectivity index (χ1) is 11.4. The molecule has 0 spiro atoms. The number of nitrogens with one attached hydrogen (secondary N) is 1. The van der Waals surface area contributed by atoms with Crippen molar-refractivity contribution in [2.24, 2.45) is 0 Å². The van der Waals surface area contributed by atoms with Gasteiger partial charge in [-0.25, -0.2) is 0 Å². The molecular weight excluding hydrogens is 330 g/mol. The SMILES string of the molecule is CN(C)C(=O)Sc1ccc(NC(=O)c2ccc([N+](=O)[O-])cc2)cc1. The number of anilines is 1. The van der Waals surface area contributed by atoms with E-state index in [1.54, 1.807) is 38.4 Å². The number of nitro groups is 1. The lowest BCUT2D eigenvalue weighted by Gasteiger charge is -2.10. The summed E-state index contributed by atoms with van der Waals surface area (Å²) in [6.45, 7) is 0. The van der Waals surface area contributed by atoms with Crippen LogP contribution in [0.4, 0.5) is 16.2 Å². The first-order valence-electron chi connectivity index (χ1n) is 6.92. The second-order valence-corrected chi connectivity index (χ2v) is 6.07. The zero-order valence-corrected chi connectivity index (χ0v) is 13.9. The highest BCUT2D eigenvalue weighted by atomic mass is 32.2. The van der Waals surface area contributed by atoms with Crippen LogP contribution in [0.1, 0.15) is 10.4 Å². The van der Waals surface area contributed by atoms with E-state index in [0.717, 1.165) is 16.7 Å². The van der Waals surface area contributed by atoms with Gasteiger partial charge in [0.05, 0.1) is 4.92 Å². The molecule has 0 aliphatic heterocycles. The van der Waals surface area contributed by atoms with Crippen LogP contribution in [-0.2, 0) is 0 Å². The Morgan fingerprint density at radius 1 is 1.04 bits per heavy atom. The maximum atomic E-state index is 12.1. The number of hydrogen-bond acceptors (Lipinski definition) is 5. The number of amides is 2. The Morgan fingerprint density at radius 2 is 1.62 bits per heavy atom. The summed E-state index contributed by atoms with van der Waals surface area (Å²) in [5.74, 6) is -0.366. The van der Waals surface area contributed by atoms with Gasteiger partial charge >= 0.3 is 0 Å². The molecule has 0 bridgehead atoms. The number of carbonyl (C=O) groups excluding carboxylic acids is 2. The Bertz CT molecular complexity index is 758. The van der Waals surface area contributed by atoms with Crippen molar-refractivity contribution in [3.63, 3.8) is 0 Å². The maximum Gasteiger partial charge on any atom is 0.285 e. The van der Waals surface area contributed by atoms with Gasteiger partial charge in [-0.1, -0.05) is 0 Å². The van der Waals surface area contributed by atoms with Crippen molar-refractivity contribution < 1.29 is 14.5 Å². The molecule has 24 heavy (non-hydrogen) atoms. The van der Waals surface area contributed by atoms with Gasteiger partial charge in [0.25, 0.3) is 16.8 Å². The van der Waals surface area contributed by atoms with Crippen molar-refractivity contribution in [2.75, 3.05) is 19.4 Å². The molecule has 2 rings (SSSR count). The van der Waals surface area contributed by atoms with E-state index in [1.165, 1.54) is 29.2 Å². The Labute approximate surface area is 142 Å². The zero-order valence-electron chi connectivity index (χ0n) is 13.1. The lowest BCUT2D eigenvalue weighted by molar-refractivity contribution is -0.384. The lowest BCUT2D eigenvalue weighted by atomic mass is 10.2. The molecule has 0 saturated heterocycles. The third kappa shape index (κ3) is 4.56. The van der Waals surface area contributed by atoms with E-state index >= 15 is 0 Å². The molecular formula is C16H15N3O4S. The number of carbonyl (C=O) groups is 2. The van der Waals surface area contributed by atoms with Gasteiger partial charge in [-0.2, -0.15) is 0 Å². The molecule has 2 aromatic carbocycles. The summed E-state index contributed by atoms with van der Waals surface area (Å²) in [6.07, 6.45) is 0. The van der Waals surface area contributed by atoms with Gasteiger partial charge < -0.3 is 10.2 Å². The smallest absolute Gasteiger partial charge is 0.285 e. The van der Waals surface area contributed by atoms with E-state index in [0.29, 0.717) is 11.3 Å². The van der Waals surface area contributed by atoms with E-state index < -0.39 is 4.92 Å². The molecule has 8 heteroatoms. The number of nitro benzene ring substituents is 1. The zero-order chi connectivity index (χ0) is 17.7. The Hall–Kier alpha value is -2.87. The Balaban J connectivity index is 2.01. The van der Waals surface area contributed by atoms with Crippen molar-refractivity contribution in [1.82, 2.24) is 4.90 Å². The molecule has 0 aromatic heterocycles. The minimum absolute atomic E-state index is 0.0708. The fourth-order valence-electron chi connectivity index (χ4n) is 1.74. The molecule has 0 aliphatic carbocycles. The number of benzene rings is 2. The number of rotatable bonds is 4. The molecule has 0 saturated carbocycles. The van der Waals surface area contributed by atoms with Crippen LogP contribution in [0.15, 0.2) is 53.4 Å². The van der Waals surface area contributed by atoms with Crippen LogP contribution in [0.2, 0.25) is 0 Å². The molecule has 2 aromatic rings. The van der Waals surface area contributed by atoms with E-state index in [-0.39, 0.29) is 16.8 Å². The molecule has 7 nitrogen and oxygen atoms in total. The van der Waals surface area contributed by atoms with Gasteiger partial charge in [0, 0.05) is 42.4 Å². The summed E-state index contributed by atoms with van der Waals surface area (Å²) in [5, 5.41) is 13.2. The number of thioether (sulfide) groups is 1. The van der Waals surface area contributed by atoms with Crippen molar-refractivity contribution in [3.8, 4) is 0 Å². The van der Waals surface area contributed by atoms with Crippen molar-refractivity contribution in [1.29, 1.82) is 0 Å². The van der Waals surface area contributed by atoms with Crippen LogP contribution in [0, 0.1) is 10.1 Å². The van der Waals surface area contributed by atoms with Crippen molar-refractivity contribution in [2.45, 2.75) is 4.90 Å². The van der Waals surface area contributed by atoms with Crippen LogP contribution in [0.5, 0.6) is 0 Å². The Kier molecular flexibility index (Phi) is 5.54. The predicted molar refractivity (Wildman–Crippen MR) is 92.4 cm³/mol. The first kappa shape index (κ1) is 17.5. The molecule has 0 aliphatic rings. The summed E-state index contributed by atoms with van der Waals surface area (Å²) in [7, 11) is 3.35. The minimum atomic E-state index is -0.521. The molecule has 0 atom stereocenters. The molecule has 0 heterocycles. The highest BCUT2D eigenvalue weighted by Crippen LogP contribution is 2.22. The monoisotopic (exact) mass is 345 g/mol. The highest BCUT2D eigenvalue weighted by Gasteiger charge is 2.10. The third-order valence-corrected chi connectivity index (χ3v) is 4.07. The summed E-state index contributed by atoms with van der Waals surface area (Å²) >= 11 is 1.09. The van der Waals surface area contributed by atoms with E-state index in [9.17, 15) is 19.7 Å². The van der Waals surface area contributed by atoms with Gasteiger partial charge in [0.1, 0.15) is 0 Å². The average molecular weight is 345 g/mol. The van der Waals surface area contributed by atoms with Gasteiger partial charge in [-0.15, -0.1) is 0 Å². The van der Waals surface area contributed by atoms with Crippen LogP contribution in [0.25, 0.3) is 0 Å². The van der Waals surface area contributed by atoms with Gasteiger partial charge in [0.2, 0.25) is 0 Å². The van der Waals surface area contributed by atoms with Crippen LogP contribution >= 0.6 is 11.8 Å². The average Bonchev–Trinajstić information content (AvgIpc) is 2.56. The first-order valence-corrected chi connectivity index (χ1v) is 7.73. The number of non-ortho nitro benzene ring substituents is 1. The van der Waals surface area contributed by atoms with Gasteiger partial charge in [-0.05, 0) is 48.2 Å². The van der Waals surface area contributed by atoms with Crippen LogP contribution in [0.3, 0.4) is 0 Å². The number of hydrogen-bond donors (Lipinski definition) is 1. The quantitative estimate of drug-likeness (QED) is 0.519. The van der Waals surface area contributed by atoms with Crippen molar-refractivity contribution >= 4 is 34.3 Å². The highest BCUT2D eigenvalue weighted by molar-refractivity contribution is 8.13. The topological polar surface area (TPSA) is 92.6 Å². The third-order valence-electron chi connectivity index (χ3n) is 3.02. The normalized spacial score (nSPS) is 10.1. The lowest BCUT2D eigenvalue weighted by Crippen LogP contribution is -2.16. The van der Waals surface area contributed by atoms with Crippen LogP contribution in [-0.4, -0.2) is 35.1 Å². The molecule has 124 valence electrons. The maximum absolute atomic E-state index is 12.1. The molecule has 0 unspecified atom stereocenters. The van der Waals surface area contributed by atoms with E-state index in [4.69, 9.17) is 0 Å². The summed E-state index contributed by atoms with van der Waals surface area (Å²) < 4.78 is 0. The fraction of sp³-hybridized carbons (Fsp3) is 0.125. The standard InChI is InChI=1S/C16H15N3O4S/c1-18(2)16(21)24-14-9-5-12(6-10-14)17-15(20)11-3-7-13(8-4-11)19(22)23/h3-10H,1-2H3,(H,17,20). The van der Waals surface area contributed by atoms with E-state index in [2.05, 4.69) is 5.32 Å². The summed E-state index contributed by atoms with van der Waals surface area (Å²) in [4.78, 5) is 36.0. The molecule has 0 fully saturated rings. The second kappa shape index (κ2) is 7.60. The summed E-state index contributed by atoms with van der Waals surface area (Å²) in [6, 6.07) is 12.2. The second-order valence-electron chi connectivity index (χ2n) is 5.04. The van der Waals surface area contributed by atoms with E-state index in [1.807, 2.05) is 0 Å². The Morgan fingerprint density at radius 3 is 2.12 bits per heavy atom. The minimum Gasteiger partial charge on any atom is -0.339 e. The molecule has 1 N–H and O–H groups in total. The van der Waals surface area contributed by atoms with Crippen molar-refractivity contribution in [3.05, 3.63) is 64.2 Å². The molecule has 2 amide bonds. The largest absolute Gasteiger partial charge is 0.339 e. The van der Waals surface area contributed by atoms with Gasteiger partial charge in [-0.3, -0.25) is 19.7 Å². The molecule has 0 radical (unpaired) electrons. The predicted octanol–water partition coefficient (Wildman–Crippen LogP) is 3.62. The number of nitrogens with zero attached hydrogens (tertiary/aromatic N) is 2. The fourth-order valence-corrected chi connectivity index (χ4v) is 2.39. The summed E-state index contributed by atoms with van der Waals surface area (Å²) in [5.41, 5.74) is 0.820. The van der Waals surface area contributed by atoms with Gasteiger partial charge in [0.15, 0.2) is 0 Å².